The van der Waals surface area contributed by atoms with Crippen LogP contribution in [0, 0.1) is 0 Å². The molecule has 0 bridgehead atoms. The standard InChI is InChI=1S/C17H19N3O/c1-19(2)16-8-7-13(18)11-14(16)17(21)20-10-9-12-5-3-4-6-15(12)20/h3-8,11H,9-10,18H2,1-2H3. The van der Waals surface area contributed by atoms with E-state index in [1.54, 1.807) is 6.07 Å². The van der Waals surface area contributed by atoms with Crippen molar-refractivity contribution in [1.29, 1.82) is 0 Å². The Balaban J connectivity index is 2.02. The summed E-state index contributed by atoms with van der Waals surface area (Å²) in [7, 11) is 3.86. The van der Waals surface area contributed by atoms with Crippen molar-refractivity contribution in [3.63, 3.8) is 0 Å². The smallest absolute Gasteiger partial charge is 0.260 e. The summed E-state index contributed by atoms with van der Waals surface area (Å²) in [5, 5.41) is 0. The van der Waals surface area contributed by atoms with Crippen LogP contribution in [-0.2, 0) is 6.42 Å². The lowest BCUT2D eigenvalue weighted by atomic mass is 10.1. The Hall–Kier alpha value is -2.49. The van der Waals surface area contributed by atoms with Gasteiger partial charge in [0, 0.05) is 37.7 Å². The molecule has 1 heterocycles. The summed E-state index contributed by atoms with van der Waals surface area (Å²) in [6.45, 7) is 0.722. The van der Waals surface area contributed by atoms with Crippen LogP contribution in [0.1, 0.15) is 15.9 Å². The molecular weight excluding hydrogens is 262 g/mol. The molecule has 108 valence electrons. The van der Waals surface area contributed by atoms with Gasteiger partial charge in [-0.3, -0.25) is 4.79 Å². The zero-order valence-corrected chi connectivity index (χ0v) is 12.3. The lowest BCUT2D eigenvalue weighted by Crippen LogP contribution is -2.30. The number of carbonyl (C=O) groups is 1. The number of amides is 1. The summed E-state index contributed by atoms with van der Waals surface area (Å²) >= 11 is 0. The zero-order valence-electron chi connectivity index (χ0n) is 12.3. The molecule has 1 aliphatic heterocycles. The van der Waals surface area contributed by atoms with Gasteiger partial charge in [-0.2, -0.15) is 0 Å². The SMILES string of the molecule is CN(C)c1ccc(N)cc1C(=O)N1CCc2ccccc21. The van der Waals surface area contributed by atoms with Crippen LogP contribution in [0.5, 0.6) is 0 Å². The van der Waals surface area contributed by atoms with Crippen LogP contribution in [0.3, 0.4) is 0 Å². The molecule has 1 aliphatic rings. The molecule has 0 saturated heterocycles. The van der Waals surface area contributed by atoms with E-state index in [0.717, 1.165) is 24.3 Å². The first-order chi connectivity index (χ1) is 10.1. The van der Waals surface area contributed by atoms with E-state index < -0.39 is 0 Å². The van der Waals surface area contributed by atoms with E-state index in [1.807, 2.05) is 54.2 Å². The van der Waals surface area contributed by atoms with Crippen molar-refractivity contribution in [3.05, 3.63) is 53.6 Å². The fraction of sp³-hybridized carbons (Fsp3) is 0.235. The number of para-hydroxylation sites is 1. The van der Waals surface area contributed by atoms with Gasteiger partial charge < -0.3 is 15.5 Å². The molecule has 4 nitrogen and oxygen atoms in total. The molecule has 0 aliphatic carbocycles. The highest BCUT2D eigenvalue weighted by atomic mass is 16.2. The summed E-state index contributed by atoms with van der Waals surface area (Å²) in [4.78, 5) is 16.7. The van der Waals surface area contributed by atoms with E-state index in [-0.39, 0.29) is 5.91 Å². The quantitative estimate of drug-likeness (QED) is 0.861. The number of rotatable bonds is 2. The summed E-state index contributed by atoms with van der Waals surface area (Å²) in [6, 6.07) is 13.5. The molecule has 0 spiro atoms. The molecule has 0 unspecified atom stereocenters. The number of nitrogens with zero attached hydrogens (tertiary/aromatic N) is 2. The van der Waals surface area contributed by atoms with Gasteiger partial charge in [0.15, 0.2) is 0 Å². The first-order valence-corrected chi connectivity index (χ1v) is 7.04. The maximum Gasteiger partial charge on any atom is 0.260 e. The van der Waals surface area contributed by atoms with Crippen molar-refractivity contribution in [2.45, 2.75) is 6.42 Å². The number of fused-ring (bicyclic) bond motifs is 1. The molecule has 2 aromatic rings. The van der Waals surface area contributed by atoms with Crippen LogP contribution in [0.25, 0.3) is 0 Å². The minimum Gasteiger partial charge on any atom is -0.399 e. The topological polar surface area (TPSA) is 49.6 Å². The second kappa shape index (κ2) is 5.13. The van der Waals surface area contributed by atoms with Gasteiger partial charge >= 0.3 is 0 Å². The van der Waals surface area contributed by atoms with Crippen molar-refractivity contribution in [1.82, 2.24) is 0 Å². The lowest BCUT2D eigenvalue weighted by Gasteiger charge is -2.22. The highest BCUT2D eigenvalue weighted by molar-refractivity contribution is 6.11. The number of anilines is 3. The summed E-state index contributed by atoms with van der Waals surface area (Å²) in [5.41, 5.74) is 10.2. The Morgan fingerprint density at radius 1 is 1.19 bits per heavy atom. The van der Waals surface area contributed by atoms with Gasteiger partial charge in [0.2, 0.25) is 0 Å². The summed E-state index contributed by atoms with van der Waals surface area (Å²) in [5.74, 6) is 0.0101. The maximum atomic E-state index is 12.9. The highest BCUT2D eigenvalue weighted by Gasteiger charge is 2.27. The Morgan fingerprint density at radius 3 is 2.71 bits per heavy atom. The van der Waals surface area contributed by atoms with Crippen LogP contribution in [0.2, 0.25) is 0 Å². The second-order valence-electron chi connectivity index (χ2n) is 5.51. The predicted molar refractivity (Wildman–Crippen MR) is 87.0 cm³/mol. The fourth-order valence-electron chi connectivity index (χ4n) is 2.81. The van der Waals surface area contributed by atoms with E-state index in [0.29, 0.717) is 11.3 Å². The Morgan fingerprint density at radius 2 is 1.95 bits per heavy atom. The minimum absolute atomic E-state index is 0.0101. The van der Waals surface area contributed by atoms with Gasteiger partial charge in [0.1, 0.15) is 0 Å². The van der Waals surface area contributed by atoms with Crippen LogP contribution in [0.15, 0.2) is 42.5 Å². The third-order valence-electron chi connectivity index (χ3n) is 3.87. The fourth-order valence-corrected chi connectivity index (χ4v) is 2.81. The molecule has 2 aromatic carbocycles. The van der Waals surface area contributed by atoms with Crippen molar-refractivity contribution < 1.29 is 4.79 Å². The van der Waals surface area contributed by atoms with Gasteiger partial charge in [-0.15, -0.1) is 0 Å². The monoisotopic (exact) mass is 281 g/mol. The van der Waals surface area contributed by atoms with Gasteiger partial charge in [0.25, 0.3) is 5.91 Å². The van der Waals surface area contributed by atoms with E-state index in [4.69, 9.17) is 5.73 Å². The molecule has 3 rings (SSSR count). The van der Waals surface area contributed by atoms with Crippen molar-refractivity contribution in [2.24, 2.45) is 0 Å². The first kappa shape index (κ1) is 13.5. The molecule has 2 N–H and O–H groups in total. The van der Waals surface area contributed by atoms with Gasteiger partial charge in [-0.25, -0.2) is 0 Å². The van der Waals surface area contributed by atoms with E-state index in [1.165, 1.54) is 5.56 Å². The average Bonchev–Trinajstić information content (AvgIpc) is 2.90. The number of carbonyl (C=O) groups excluding carboxylic acids is 1. The van der Waals surface area contributed by atoms with Crippen LogP contribution in [-0.4, -0.2) is 26.5 Å². The van der Waals surface area contributed by atoms with Gasteiger partial charge in [0.05, 0.1) is 5.56 Å². The molecule has 0 aromatic heterocycles. The highest BCUT2D eigenvalue weighted by Crippen LogP contribution is 2.31. The van der Waals surface area contributed by atoms with Crippen molar-refractivity contribution in [3.8, 4) is 0 Å². The molecule has 0 radical (unpaired) electrons. The minimum atomic E-state index is 0.0101. The van der Waals surface area contributed by atoms with Crippen molar-refractivity contribution >= 4 is 23.0 Å². The molecule has 1 amide bonds. The number of nitrogen functional groups attached to an aromatic ring is 1. The Kier molecular flexibility index (Phi) is 3.29. The molecule has 4 heteroatoms. The van der Waals surface area contributed by atoms with Gasteiger partial charge in [-0.05, 0) is 36.2 Å². The number of hydrogen-bond donors (Lipinski definition) is 1. The van der Waals surface area contributed by atoms with E-state index in [9.17, 15) is 4.79 Å². The number of nitrogens with two attached hydrogens (primary N) is 1. The molecule has 0 saturated carbocycles. The second-order valence-corrected chi connectivity index (χ2v) is 5.51. The molecular formula is C17H19N3O. The Bertz CT molecular complexity index is 694. The maximum absolute atomic E-state index is 12.9. The molecule has 21 heavy (non-hydrogen) atoms. The van der Waals surface area contributed by atoms with E-state index >= 15 is 0 Å². The van der Waals surface area contributed by atoms with Crippen molar-refractivity contribution in [2.75, 3.05) is 36.2 Å². The zero-order chi connectivity index (χ0) is 15.0. The number of hydrogen-bond acceptors (Lipinski definition) is 3. The van der Waals surface area contributed by atoms with Crippen LogP contribution < -0.4 is 15.5 Å². The third-order valence-corrected chi connectivity index (χ3v) is 3.87. The average molecular weight is 281 g/mol. The van der Waals surface area contributed by atoms with E-state index in [2.05, 4.69) is 6.07 Å². The molecule has 0 fully saturated rings. The normalized spacial score (nSPS) is 13.1. The van der Waals surface area contributed by atoms with Gasteiger partial charge in [-0.1, -0.05) is 18.2 Å². The largest absolute Gasteiger partial charge is 0.399 e. The number of benzene rings is 2. The predicted octanol–water partition coefficient (Wildman–Crippen LogP) is 2.54. The third kappa shape index (κ3) is 2.33. The Labute approximate surface area is 124 Å². The lowest BCUT2D eigenvalue weighted by molar-refractivity contribution is 0.0990. The molecule has 0 atom stereocenters. The summed E-state index contributed by atoms with van der Waals surface area (Å²) in [6.07, 6.45) is 0.904. The first-order valence-electron chi connectivity index (χ1n) is 7.04. The van der Waals surface area contributed by atoms with Crippen LogP contribution in [0.4, 0.5) is 17.1 Å². The summed E-state index contributed by atoms with van der Waals surface area (Å²) < 4.78 is 0. The van der Waals surface area contributed by atoms with Crippen LogP contribution >= 0.6 is 0 Å².